The van der Waals surface area contributed by atoms with E-state index < -0.39 is 0 Å². The lowest BCUT2D eigenvalue weighted by molar-refractivity contribution is 0.235. The lowest BCUT2D eigenvalue weighted by Gasteiger charge is -2.27. The number of hydrogen-bond acceptors (Lipinski definition) is 4. The van der Waals surface area contributed by atoms with Gasteiger partial charge < -0.3 is 10.2 Å². The number of piperidine rings is 1. The van der Waals surface area contributed by atoms with Gasteiger partial charge in [0.25, 0.3) is 0 Å². The predicted molar refractivity (Wildman–Crippen MR) is 64.0 cm³/mol. The Bertz CT molecular complexity index is 295. The molecule has 4 nitrogen and oxygen atoms in total. The van der Waals surface area contributed by atoms with Crippen molar-refractivity contribution in [1.82, 2.24) is 20.2 Å². The van der Waals surface area contributed by atoms with E-state index in [0.717, 1.165) is 31.2 Å². The van der Waals surface area contributed by atoms with Gasteiger partial charge in [-0.25, -0.2) is 0 Å². The second-order valence-corrected chi connectivity index (χ2v) is 4.61. The molecule has 0 radical (unpaired) electrons. The summed E-state index contributed by atoms with van der Waals surface area (Å²) in [6.45, 7) is 4.38. The second-order valence-electron chi connectivity index (χ2n) is 4.61. The van der Waals surface area contributed by atoms with Crippen molar-refractivity contribution in [3.05, 3.63) is 24.3 Å². The number of nitrogens with zero attached hydrogens (tertiary/aromatic N) is 3. The van der Waals surface area contributed by atoms with Crippen LogP contribution in [-0.2, 0) is 6.54 Å². The minimum Gasteiger partial charge on any atom is -0.316 e. The minimum absolute atomic E-state index is 0.787. The van der Waals surface area contributed by atoms with Gasteiger partial charge in [-0.3, -0.25) is 9.97 Å². The number of hydrogen-bond donors (Lipinski definition) is 1. The highest BCUT2D eigenvalue weighted by Gasteiger charge is 2.15. The van der Waals surface area contributed by atoms with Crippen LogP contribution in [-0.4, -0.2) is 41.5 Å². The van der Waals surface area contributed by atoms with Crippen LogP contribution in [0.3, 0.4) is 0 Å². The molecule has 0 aromatic carbocycles. The van der Waals surface area contributed by atoms with Gasteiger partial charge in [0.05, 0.1) is 5.69 Å². The van der Waals surface area contributed by atoms with E-state index in [4.69, 9.17) is 0 Å². The lowest BCUT2D eigenvalue weighted by atomic mass is 9.99. The molecule has 0 spiro atoms. The molecule has 1 aliphatic heterocycles. The maximum atomic E-state index is 4.29. The van der Waals surface area contributed by atoms with Crippen molar-refractivity contribution in [1.29, 1.82) is 0 Å². The van der Waals surface area contributed by atoms with Crippen molar-refractivity contribution < 1.29 is 0 Å². The summed E-state index contributed by atoms with van der Waals surface area (Å²) in [5, 5.41) is 3.45. The molecule has 2 heterocycles. The van der Waals surface area contributed by atoms with Crippen LogP contribution in [0.5, 0.6) is 0 Å². The van der Waals surface area contributed by atoms with Gasteiger partial charge in [0.2, 0.25) is 0 Å². The average molecular weight is 220 g/mol. The van der Waals surface area contributed by atoms with E-state index in [1.807, 2.05) is 6.20 Å². The van der Waals surface area contributed by atoms with Crippen LogP contribution in [0, 0.1) is 5.92 Å². The molecular formula is C12H20N4. The van der Waals surface area contributed by atoms with Crippen molar-refractivity contribution in [2.75, 3.05) is 26.7 Å². The number of aromatic nitrogens is 2. The first-order valence-corrected chi connectivity index (χ1v) is 5.99. The molecule has 1 fully saturated rings. The highest BCUT2D eigenvalue weighted by Crippen LogP contribution is 2.11. The standard InChI is InChI=1S/C12H20N4/c1-16(9-11-3-2-4-13-7-11)10-12-8-14-5-6-15-12/h5-6,8,11,13H,2-4,7,9-10H2,1H3/t11-/m1/s1. The van der Waals surface area contributed by atoms with E-state index in [-0.39, 0.29) is 0 Å². The molecule has 0 aliphatic carbocycles. The van der Waals surface area contributed by atoms with Crippen LogP contribution in [0.4, 0.5) is 0 Å². The fourth-order valence-corrected chi connectivity index (χ4v) is 2.27. The van der Waals surface area contributed by atoms with Gasteiger partial charge >= 0.3 is 0 Å². The Balaban J connectivity index is 1.77. The fourth-order valence-electron chi connectivity index (χ4n) is 2.27. The van der Waals surface area contributed by atoms with Crippen LogP contribution < -0.4 is 5.32 Å². The molecule has 4 heteroatoms. The maximum Gasteiger partial charge on any atom is 0.0726 e. The van der Waals surface area contributed by atoms with Gasteiger partial charge in [-0.1, -0.05) is 0 Å². The summed E-state index contributed by atoms with van der Waals surface area (Å²) in [7, 11) is 2.16. The first-order chi connectivity index (χ1) is 7.84. The van der Waals surface area contributed by atoms with Crippen LogP contribution in [0.25, 0.3) is 0 Å². The number of nitrogens with one attached hydrogen (secondary N) is 1. The Morgan fingerprint density at radius 1 is 1.50 bits per heavy atom. The molecule has 88 valence electrons. The Kier molecular flexibility index (Phi) is 4.25. The molecule has 0 bridgehead atoms. The predicted octanol–water partition coefficient (Wildman–Crippen LogP) is 0.908. The molecule has 1 aromatic heterocycles. The first kappa shape index (κ1) is 11.5. The SMILES string of the molecule is CN(Cc1cnccn1)C[C@@H]1CCCNC1. The molecule has 1 aliphatic rings. The molecule has 0 amide bonds. The summed E-state index contributed by atoms with van der Waals surface area (Å²) in [5.74, 6) is 0.787. The maximum absolute atomic E-state index is 4.29. The van der Waals surface area contributed by atoms with E-state index in [1.54, 1.807) is 12.4 Å². The fraction of sp³-hybridized carbons (Fsp3) is 0.667. The van der Waals surface area contributed by atoms with Gasteiger partial charge in [0, 0.05) is 31.7 Å². The monoisotopic (exact) mass is 220 g/mol. The first-order valence-electron chi connectivity index (χ1n) is 5.99. The van der Waals surface area contributed by atoms with E-state index in [2.05, 4.69) is 27.2 Å². The molecule has 1 N–H and O–H groups in total. The zero-order chi connectivity index (χ0) is 11.2. The summed E-state index contributed by atoms with van der Waals surface area (Å²) >= 11 is 0. The average Bonchev–Trinajstić information content (AvgIpc) is 2.31. The third kappa shape index (κ3) is 3.54. The molecule has 1 saturated heterocycles. The number of rotatable bonds is 4. The largest absolute Gasteiger partial charge is 0.316 e. The zero-order valence-corrected chi connectivity index (χ0v) is 9.89. The van der Waals surface area contributed by atoms with Gasteiger partial charge in [-0.2, -0.15) is 0 Å². The Morgan fingerprint density at radius 2 is 2.44 bits per heavy atom. The third-order valence-electron chi connectivity index (χ3n) is 3.02. The molecule has 16 heavy (non-hydrogen) atoms. The van der Waals surface area contributed by atoms with Crippen molar-refractivity contribution in [2.24, 2.45) is 5.92 Å². The molecule has 2 rings (SSSR count). The van der Waals surface area contributed by atoms with E-state index in [9.17, 15) is 0 Å². The summed E-state index contributed by atoms with van der Waals surface area (Å²) in [6, 6.07) is 0. The van der Waals surface area contributed by atoms with Crippen LogP contribution in [0.15, 0.2) is 18.6 Å². The topological polar surface area (TPSA) is 41.1 Å². The van der Waals surface area contributed by atoms with Gasteiger partial charge in [0.1, 0.15) is 0 Å². The van der Waals surface area contributed by atoms with E-state index >= 15 is 0 Å². The van der Waals surface area contributed by atoms with Crippen LogP contribution in [0.2, 0.25) is 0 Å². The second kappa shape index (κ2) is 5.92. The van der Waals surface area contributed by atoms with Crippen LogP contribution >= 0.6 is 0 Å². The normalized spacial score (nSPS) is 21.2. The van der Waals surface area contributed by atoms with Crippen molar-refractivity contribution in [3.8, 4) is 0 Å². The van der Waals surface area contributed by atoms with E-state index in [0.29, 0.717) is 0 Å². The van der Waals surface area contributed by atoms with Gasteiger partial charge in [-0.05, 0) is 38.9 Å². The lowest BCUT2D eigenvalue weighted by Crippen LogP contribution is -2.36. The zero-order valence-electron chi connectivity index (χ0n) is 9.89. The Labute approximate surface area is 97.1 Å². The van der Waals surface area contributed by atoms with Crippen LogP contribution in [0.1, 0.15) is 18.5 Å². The molecule has 0 saturated carbocycles. The summed E-state index contributed by atoms with van der Waals surface area (Å²) < 4.78 is 0. The third-order valence-corrected chi connectivity index (χ3v) is 3.02. The Morgan fingerprint density at radius 3 is 3.12 bits per heavy atom. The van der Waals surface area contributed by atoms with Crippen molar-refractivity contribution in [3.63, 3.8) is 0 Å². The van der Waals surface area contributed by atoms with Crippen molar-refractivity contribution in [2.45, 2.75) is 19.4 Å². The van der Waals surface area contributed by atoms with Gasteiger partial charge in [-0.15, -0.1) is 0 Å². The molecule has 0 unspecified atom stereocenters. The summed E-state index contributed by atoms with van der Waals surface area (Å²) in [6.07, 6.45) is 7.97. The summed E-state index contributed by atoms with van der Waals surface area (Å²) in [5.41, 5.74) is 1.05. The smallest absolute Gasteiger partial charge is 0.0726 e. The molecular weight excluding hydrogens is 200 g/mol. The highest BCUT2D eigenvalue weighted by molar-refractivity contribution is 4.94. The summed E-state index contributed by atoms with van der Waals surface area (Å²) in [4.78, 5) is 10.7. The van der Waals surface area contributed by atoms with Crippen molar-refractivity contribution >= 4 is 0 Å². The van der Waals surface area contributed by atoms with E-state index in [1.165, 1.54) is 19.4 Å². The molecule has 1 aromatic rings. The Hall–Kier alpha value is -1.00. The highest BCUT2D eigenvalue weighted by atomic mass is 15.1. The molecule has 1 atom stereocenters. The minimum atomic E-state index is 0.787. The quantitative estimate of drug-likeness (QED) is 0.819. The van der Waals surface area contributed by atoms with Gasteiger partial charge in [0.15, 0.2) is 0 Å².